The first-order valence-electron chi connectivity index (χ1n) is 8.72. The van der Waals surface area contributed by atoms with E-state index in [0.29, 0.717) is 17.2 Å². The third-order valence-corrected chi connectivity index (χ3v) is 5.83. The zero-order valence-electron chi connectivity index (χ0n) is 14.4. The van der Waals surface area contributed by atoms with Gasteiger partial charge in [-0.3, -0.25) is 14.9 Å². The molecule has 142 valence electrons. The van der Waals surface area contributed by atoms with Crippen molar-refractivity contribution in [3.05, 3.63) is 46.5 Å². The van der Waals surface area contributed by atoms with Crippen LogP contribution in [0.4, 0.5) is 21.0 Å². The summed E-state index contributed by atoms with van der Waals surface area (Å²) < 4.78 is 0. The van der Waals surface area contributed by atoms with E-state index < -0.39 is 35.0 Å². The number of rotatable bonds is 2. The first-order chi connectivity index (χ1) is 13.4. The number of non-ortho nitro benzene ring substituents is 1. The minimum absolute atomic E-state index is 0.115. The molecule has 0 aromatic heterocycles. The lowest BCUT2D eigenvalue weighted by Gasteiger charge is -2.32. The smallest absolute Gasteiger partial charge is 0.407 e. The van der Waals surface area contributed by atoms with Crippen LogP contribution in [0.5, 0.6) is 0 Å². The Morgan fingerprint density at radius 2 is 1.86 bits per heavy atom. The Morgan fingerprint density at radius 3 is 2.54 bits per heavy atom. The number of urea groups is 1. The number of benzene rings is 2. The van der Waals surface area contributed by atoms with Crippen molar-refractivity contribution >= 4 is 40.2 Å². The Labute approximate surface area is 157 Å². The van der Waals surface area contributed by atoms with E-state index >= 15 is 0 Å². The Hall–Kier alpha value is -3.69. The Kier molecular flexibility index (Phi) is 3.18. The van der Waals surface area contributed by atoms with Gasteiger partial charge in [0.15, 0.2) is 0 Å². The standard InChI is InChI=1S/C18H14N4O6/c23-16-15-14-7-9(8-19(14)18(25)26)20(15)17(24)21(16)12-5-6-13(22(27)28)11-4-2-1-3-10(11)12/h1-6,9,14-15H,7-8H2,(H,25,26)/t9-,14-,15+/m1/s1. The molecule has 4 amide bonds. The average molecular weight is 382 g/mol. The van der Waals surface area contributed by atoms with Crippen molar-refractivity contribution < 1.29 is 24.4 Å². The second-order valence-corrected chi connectivity index (χ2v) is 7.11. The van der Waals surface area contributed by atoms with Crippen molar-refractivity contribution in [3.8, 4) is 0 Å². The average Bonchev–Trinajstić information content (AvgIpc) is 3.33. The van der Waals surface area contributed by atoms with Crippen molar-refractivity contribution in [2.24, 2.45) is 0 Å². The lowest BCUT2D eigenvalue weighted by Crippen LogP contribution is -2.54. The van der Waals surface area contributed by atoms with Crippen LogP contribution >= 0.6 is 0 Å². The minimum atomic E-state index is -1.10. The number of hydrogen-bond donors (Lipinski definition) is 1. The normalized spacial score (nSPS) is 25.7. The summed E-state index contributed by atoms with van der Waals surface area (Å²) in [7, 11) is 0. The monoisotopic (exact) mass is 382 g/mol. The van der Waals surface area contributed by atoms with Gasteiger partial charge in [-0.1, -0.05) is 18.2 Å². The van der Waals surface area contributed by atoms with E-state index in [1.54, 1.807) is 24.3 Å². The highest BCUT2D eigenvalue weighted by Crippen LogP contribution is 2.44. The second-order valence-electron chi connectivity index (χ2n) is 7.11. The minimum Gasteiger partial charge on any atom is -0.465 e. The van der Waals surface area contributed by atoms with E-state index in [0.717, 1.165) is 4.90 Å². The molecule has 3 fully saturated rings. The number of imide groups is 1. The molecule has 2 bridgehead atoms. The molecule has 0 aliphatic carbocycles. The van der Waals surface area contributed by atoms with Crippen LogP contribution in [0.2, 0.25) is 0 Å². The summed E-state index contributed by atoms with van der Waals surface area (Å²) in [6.07, 6.45) is -0.657. The lowest BCUT2D eigenvalue weighted by molar-refractivity contribution is -0.383. The Morgan fingerprint density at radius 1 is 1.14 bits per heavy atom. The zero-order chi connectivity index (χ0) is 19.7. The van der Waals surface area contributed by atoms with E-state index in [2.05, 4.69) is 0 Å². The summed E-state index contributed by atoms with van der Waals surface area (Å²) >= 11 is 0. The van der Waals surface area contributed by atoms with Gasteiger partial charge in [0, 0.05) is 18.0 Å². The molecule has 5 rings (SSSR count). The van der Waals surface area contributed by atoms with Crippen LogP contribution in [0.15, 0.2) is 36.4 Å². The maximum atomic E-state index is 13.1. The molecule has 10 nitrogen and oxygen atoms in total. The van der Waals surface area contributed by atoms with Crippen LogP contribution < -0.4 is 4.90 Å². The van der Waals surface area contributed by atoms with Gasteiger partial charge >= 0.3 is 12.1 Å². The number of anilines is 1. The molecule has 28 heavy (non-hydrogen) atoms. The van der Waals surface area contributed by atoms with Crippen molar-refractivity contribution in [1.29, 1.82) is 0 Å². The van der Waals surface area contributed by atoms with Gasteiger partial charge < -0.3 is 14.9 Å². The number of carbonyl (C=O) groups is 3. The summed E-state index contributed by atoms with van der Waals surface area (Å²) in [5, 5.41) is 21.4. The topological polar surface area (TPSA) is 124 Å². The molecule has 3 aliphatic rings. The first kappa shape index (κ1) is 16.5. The maximum Gasteiger partial charge on any atom is 0.407 e. The molecular formula is C18H14N4O6. The number of nitro benzene ring substituents is 1. The van der Waals surface area contributed by atoms with Crippen molar-refractivity contribution in [2.45, 2.75) is 24.5 Å². The van der Waals surface area contributed by atoms with Gasteiger partial charge in [-0.2, -0.15) is 0 Å². The molecule has 1 N–H and O–H groups in total. The number of nitro groups is 1. The molecular weight excluding hydrogens is 368 g/mol. The van der Waals surface area contributed by atoms with Gasteiger partial charge in [0.1, 0.15) is 6.04 Å². The highest BCUT2D eigenvalue weighted by atomic mass is 16.6. The van der Waals surface area contributed by atoms with Crippen LogP contribution in [-0.4, -0.2) is 62.5 Å². The van der Waals surface area contributed by atoms with Crippen molar-refractivity contribution in [3.63, 3.8) is 0 Å². The highest BCUT2D eigenvalue weighted by Gasteiger charge is 2.63. The number of carboxylic acid groups (broad SMARTS) is 1. The molecule has 0 spiro atoms. The van der Waals surface area contributed by atoms with E-state index in [1.165, 1.54) is 21.9 Å². The third-order valence-electron chi connectivity index (χ3n) is 5.83. The molecule has 2 aromatic carbocycles. The summed E-state index contributed by atoms with van der Waals surface area (Å²) in [5.41, 5.74) is 0.156. The van der Waals surface area contributed by atoms with Gasteiger partial charge in [0.2, 0.25) is 0 Å². The fraction of sp³-hybridized carbons (Fsp3) is 0.278. The number of hydrogen-bond acceptors (Lipinski definition) is 5. The number of carbonyl (C=O) groups excluding carboxylic acids is 2. The molecule has 3 atom stereocenters. The molecule has 0 unspecified atom stereocenters. The SMILES string of the molecule is O=C1[C@@H]2[C@H]3C[C@H](CN3C(=O)O)N2C(=O)N1c1ccc([N+](=O)[O-])c2ccccc12. The maximum absolute atomic E-state index is 13.1. The molecule has 10 heteroatoms. The lowest BCUT2D eigenvalue weighted by atomic mass is 10.0. The van der Waals surface area contributed by atoms with Crippen LogP contribution in [-0.2, 0) is 4.79 Å². The number of fused-ring (bicyclic) bond motifs is 6. The van der Waals surface area contributed by atoms with Gasteiger partial charge in [0.25, 0.3) is 11.6 Å². The van der Waals surface area contributed by atoms with Gasteiger partial charge in [-0.25, -0.2) is 14.5 Å². The molecule has 2 aromatic rings. The van der Waals surface area contributed by atoms with Crippen LogP contribution in [0, 0.1) is 10.1 Å². The Balaban J connectivity index is 1.62. The van der Waals surface area contributed by atoms with E-state index in [9.17, 15) is 29.6 Å². The predicted octanol–water partition coefficient (Wildman–Crippen LogP) is 2.02. The van der Waals surface area contributed by atoms with Gasteiger partial charge in [0.05, 0.1) is 28.1 Å². The number of piperazine rings is 1. The summed E-state index contributed by atoms with van der Waals surface area (Å²) in [6, 6.07) is 6.94. The molecule has 3 heterocycles. The molecule has 0 radical (unpaired) electrons. The third kappa shape index (κ3) is 1.94. The highest BCUT2D eigenvalue weighted by molar-refractivity contribution is 6.25. The Bertz CT molecular complexity index is 1080. The second kappa shape index (κ2) is 5.41. The first-order valence-corrected chi connectivity index (χ1v) is 8.72. The number of nitrogens with zero attached hydrogens (tertiary/aromatic N) is 4. The molecule has 3 saturated heterocycles. The largest absolute Gasteiger partial charge is 0.465 e. The fourth-order valence-electron chi connectivity index (χ4n) is 4.72. The van der Waals surface area contributed by atoms with Crippen LogP contribution in [0.25, 0.3) is 10.8 Å². The van der Waals surface area contributed by atoms with E-state index in [-0.39, 0.29) is 24.0 Å². The van der Waals surface area contributed by atoms with E-state index in [1.807, 2.05) is 0 Å². The summed E-state index contributed by atoms with van der Waals surface area (Å²) in [5.74, 6) is -0.498. The zero-order valence-corrected chi connectivity index (χ0v) is 14.4. The van der Waals surface area contributed by atoms with Crippen LogP contribution in [0.3, 0.4) is 0 Å². The van der Waals surface area contributed by atoms with Crippen LogP contribution in [0.1, 0.15) is 6.42 Å². The summed E-state index contributed by atoms with van der Waals surface area (Å²) in [4.78, 5) is 52.1. The number of likely N-dealkylation sites (tertiary alicyclic amines) is 1. The van der Waals surface area contributed by atoms with E-state index in [4.69, 9.17) is 0 Å². The van der Waals surface area contributed by atoms with Crippen molar-refractivity contribution in [1.82, 2.24) is 9.80 Å². The molecule has 3 aliphatic heterocycles. The summed E-state index contributed by atoms with van der Waals surface area (Å²) in [6.45, 7) is 0.185. The fourth-order valence-corrected chi connectivity index (χ4v) is 4.72. The quantitative estimate of drug-likeness (QED) is 0.481. The molecule has 0 saturated carbocycles. The predicted molar refractivity (Wildman–Crippen MR) is 96.0 cm³/mol. The van der Waals surface area contributed by atoms with Gasteiger partial charge in [-0.05, 0) is 18.6 Å². The number of amides is 4. The van der Waals surface area contributed by atoms with Crippen molar-refractivity contribution in [2.75, 3.05) is 11.4 Å². The van der Waals surface area contributed by atoms with Gasteiger partial charge in [-0.15, -0.1) is 0 Å².